The first kappa shape index (κ1) is 19.5. The summed E-state index contributed by atoms with van der Waals surface area (Å²) in [4.78, 5) is 27.4. The van der Waals surface area contributed by atoms with Crippen LogP contribution in [0, 0.1) is 0 Å². The summed E-state index contributed by atoms with van der Waals surface area (Å²) in [5.74, 6) is -0.152. The fourth-order valence-electron chi connectivity index (χ4n) is 2.31. The normalized spacial score (nSPS) is 15.0. The van der Waals surface area contributed by atoms with E-state index in [1.807, 2.05) is 18.2 Å². The van der Waals surface area contributed by atoms with Crippen molar-refractivity contribution < 1.29 is 14.3 Å². The van der Waals surface area contributed by atoms with E-state index in [0.29, 0.717) is 32.9 Å². The summed E-state index contributed by atoms with van der Waals surface area (Å²) < 4.78 is 5.88. The van der Waals surface area contributed by atoms with Gasteiger partial charge in [-0.25, -0.2) is 0 Å². The fourth-order valence-corrected chi connectivity index (χ4v) is 3.55. The quantitative estimate of drug-likeness (QED) is 0.729. The molecule has 5 nitrogen and oxygen atoms in total. The van der Waals surface area contributed by atoms with Gasteiger partial charge in [0.2, 0.25) is 5.91 Å². The molecule has 0 unspecified atom stereocenters. The molecule has 2 aromatic carbocycles. The molecule has 0 saturated carbocycles. The molecule has 138 valence electrons. The Hall–Kier alpha value is -2.28. The van der Waals surface area contributed by atoms with E-state index in [-0.39, 0.29) is 11.1 Å². The molecular formula is C19H14Cl2N2O3S. The first-order valence-electron chi connectivity index (χ1n) is 7.87. The topological polar surface area (TPSA) is 67.8 Å². The number of amidine groups is 1. The second kappa shape index (κ2) is 8.61. The fraction of sp³-hybridized carbons (Fsp3) is 0.105. The van der Waals surface area contributed by atoms with Gasteiger partial charge >= 0.3 is 0 Å². The van der Waals surface area contributed by atoms with Gasteiger partial charge in [-0.05, 0) is 53.7 Å². The summed E-state index contributed by atoms with van der Waals surface area (Å²) in [7, 11) is 0. The molecule has 0 aliphatic carbocycles. The third kappa shape index (κ3) is 5.35. The summed E-state index contributed by atoms with van der Waals surface area (Å²) >= 11 is 13.2. The van der Waals surface area contributed by atoms with Crippen molar-refractivity contribution in [3.8, 4) is 5.75 Å². The van der Waals surface area contributed by atoms with Gasteiger partial charge in [-0.2, -0.15) is 4.99 Å². The lowest BCUT2D eigenvalue weighted by Gasteiger charge is -2.10. The predicted molar refractivity (Wildman–Crippen MR) is 109 cm³/mol. The minimum Gasteiger partial charge on any atom is -0.488 e. The van der Waals surface area contributed by atoms with E-state index >= 15 is 0 Å². The second-order valence-electron chi connectivity index (χ2n) is 5.61. The highest BCUT2D eigenvalue weighted by molar-refractivity contribution is 8.18. The van der Waals surface area contributed by atoms with Crippen LogP contribution in [-0.2, 0) is 16.2 Å². The van der Waals surface area contributed by atoms with Crippen molar-refractivity contribution in [1.82, 2.24) is 5.32 Å². The van der Waals surface area contributed by atoms with Crippen molar-refractivity contribution in [3.05, 3.63) is 68.5 Å². The van der Waals surface area contributed by atoms with Crippen molar-refractivity contribution in [3.63, 3.8) is 0 Å². The van der Waals surface area contributed by atoms with E-state index in [9.17, 15) is 9.59 Å². The molecule has 2 amide bonds. The molecule has 0 atom stereocenters. The van der Waals surface area contributed by atoms with Crippen LogP contribution in [0.15, 0.2) is 52.4 Å². The van der Waals surface area contributed by atoms with Crippen molar-refractivity contribution in [2.45, 2.75) is 13.5 Å². The molecule has 0 bridgehead atoms. The molecule has 1 N–H and O–H groups in total. The average molecular weight is 421 g/mol. The SMILES string of the molecule is CC(=O)NC1=NC(=O)C(=Cc2cc(Cl)ccc2OCc2cccc(Cl)c2)S1. The molecule has 27 heavy (non-hydrogen) atoms. The lowest BCUT2D eigenvalue weighted by molar-refractivity contribution is -0.117. The Balaban J connectivity index is 1.80. The van der Waals surface area contributed by atoms with Crippen LogP contribution in [0.1, 0.15) is 18.1 Å². The van der Waals surface area contributed by atoms with Crippen LogP contribution >= 0.6 is 35.0 Å². The largest absolute Gasteiger partial charge is 0.488 e. The summed E-state index contributed by atoms with van der Waals surface area (Å²) in [6.07, 6.45) is 1.64. The number of halogens is 2. The number of thioether (sulfide) groups is 1. The molecule has 0 spiro atoms. The van der Waals surface area contributed by atoms with E-state index in [1.54, 1.807) is 30.3 Å². The smallest absolute Gasteiger partial charge is 0.286 e. The van der Waals surface area contributed by atoms with Crippen LogP contribution in [-0.4, -0.2) is 17.0 Å². The van der Waals surface area contributed by atoms with Gasteiger partial charge < -0.3 is 10.1 Å². The Morgan fingerprint density at radius 1 is 1.22 bits per heavy atom. The summed E-state index contributed by atoms with van der Waals surface area (Å²) in [6, 6.07) is 12.5. The molecule has 1 aliphatic rings. The van der Waals surface area contributed by atoms with Gasteiger partial charge in [-0.3, -0.25) is 9.59 Å². The Morgan fingerprint density at radius 2 is 2.00 bits per heavy atom. The van der Waals surface area contributed by atoms with Crippen LogP contribution in [0.3, 0.4) is 0 Å². The molecule has 0 saturated heterocycles. The Kier molecular flexibility index (Phi) is 6.21. The highest BCUT2D eigenvalue weighted by Gasteiger charge is 2.23. The van der Waals surface area contributed by atoms with Gasteiger partial charge in [0.25, 0.3) is 5.91 Å². The highest BCUT2D eigenvalue weighted by Crippen LogP contribution is 2.32. The van der Waals surface area contributed by atoms with Gasteiger partial charge in [-0.1, -0.05) is 35.3 Å². The minimum absolute atomic E-state index is 0.252. The number of benzene rings is 2. The number of aliphatic imine (C=N–C) groups is 1. The second-order valence-corrected chi connectivity index (χ2v) is 7.52. The zero-order chi connectivity index (χ0) is 19.4. The van der Waals surface area contributed by atoms with Crippen LogP contribution in [0.2, 0.25) is 10.0 Å². The number of nitrogens with one attached hydrogen (secondary N) is 1. The summed E-state index contributed by atoms with van der Waals surface area (Å²) in [5, 5.41) is 3.90. The van der Waals surface area contributed by atoms with Crippen LogP contribution < -0.4 is 10.1 Å². The number of carbonyl (C=O) groups is 2. The zero-order valence-electron chi connectivity index (χ0n) is 14.2. The van der Waals surface area contributed by atoms with Gasteiger partial charge in [0.15, 0.2) is 5.17 Å². The third-order valence-corrected chi connectivity index (χ3v) is 4.81. The minimum atomic E-state index is -0.426. The third-order valence-electron chi connectivity index (χ3n) is 3.45. The molecule has 0 radical (unpaired) electrons. The molecule has 8 heteroatoms. The van der Waals surface area contributed by atoms with E-state index in [4.69, 9.17) is 27.9 Å². The van der Waals surface area contributed by atoms with Gasteiger partial charge in [0.1, 0.15) is 12.4 Å². The summed E-state index contributed by atoms with van der Waals surface area (Å²) in [6.45, 7) is 1.67. The van der Waals surface area contributed by atoms with Crippen molar-refractivity contribution in [2.75, 3.05) is 0 Å². The molecule has 1 heterocycles. The maximum Gasteiger partial charge on any atom is 0.286 e. The van der Waals surface area contributed by atoms with E-state index in [1.165, 1.54) is 6.92 Å². The van der Waals surface area contributed by atoms with Crippen LogP contribution in [0.5, 0.6) is 5.75 Å². The Labute approximate surface area is 170 Å². The van der Waals surface area contributed by atoms with Gasteiger partial charge in [-0.15, -0.1) is 0 Å². The molecule has 0 fully saturated rings. The summed E-state index contributed by atoms with van der Waals surface area (Å²) in [5.41, 5.74) is 1.55. The van der Waals surface area contributed by atoms with Crippen LogP contribution in [0.25, 0.3) is 6.08 Å². The molecule has 2 aromatic rings. The lowest BCUT2D eigenvalue weighted by atomic mass is 10.1. The number of nitrogens with zero attached hydrogens (tertiary/aromatic N) is 1. The number of hydrogen-bond acceptors (Lipinski definition) is 4. The van der Waals surface area contributed by atoms with Crippen molar-refractivity contribution in [1.29, 1.82) is 0 Å². The highest BCUT2D eigenvalue weighted by atomic mass is 35.5. The first-order valence-corrected chi connectivity index (χ1v) is 9.45. The molecule has 0 aromatic heterocycles. The lowest BCUT2D eigenvalue weighted by Crippen LogP contribution is -2.23. The standard InChI is InChI=1S/C19H14Cl2N2O3S/c1-11(24)22-19-23-18(25)17(27-19)9-13-8-15(21)5-6-16(13)26-10-12-3-2-4-14(20)7-12/h2-9H,10H2,1H3,(H,22,23,24,25). The number of ether oxygens (including phenoxy) is 1. The van der Waals surface area contributed by atoms with E-state index in [2.05, 4.69) is 10.3 Å². The van der Waals surface area contributed by atoms with Crippen molar-refractivity contribution >= 4 is 58.0 Å². The molecule has 3 rings (SSSR count). The molecular weight excluding hydrogens is 407 g/mol. The number of carbonyl (C=O) groups excluding carboxylic acids is 2. The maximum atomic E-state index is 12.1. The number of amides is 2. The Morgan fingerprint density at radius 3 is 2.74 bits per heavy atom. The first-order chi connectivity index (χ1) is 12.9. The maximum absolute atomic E-state index is 12.1. The average Bonchev–Trinajstić information content (AvgIpc) is 2.92. The monoisotopic (exact) mass is 420 g/mol. The van der Waals surface area contributed by atoms with Gasteiger partial charge in [0, 0.05) is 22.5 Å². The zero-order valence-corrected chi connectivity index (χ0v) is 16.5. The van der Waals surface area contributed by atoms with E-state index in [0.717, 1.165) is 17.3 Å². The number of hydrogen-bond donors (Lipinski definition) is 1. The van der Waals surface area contributed by atoms with Gasteiger partial charge in [0.05, 0.1) is 4.91 Å². The molecule has 1 aliphatic heterocycles. The van der Waals surface area contributed by atoms with E-state index < -0.39 is 5.91 Å². The predicted octanol–water partition coefficient (Wildman–Crippen LogP) is 4.68. The van der Waals surface area contributed by atoms with Crippen molar-refractivity contribution in [2.24, 2.45) is 4.99 Å². The Bertz CT molecular complexity index is 973. The number of rotatable bonds is 4. The van der Waals surface area contributed by atoms with Crippen LogP contribution in [0.4, 0.5) is 0 Å².